The Morgan fingerprint density at radius 1 is 0.800 bits per heavy atom. The summed E-state index contributed by atoms with van der Waals surface area (Å²) in [7, 11) is 0. The van der Waals surface area contributed by atoms with E-state index in [9.17, 15) is 9.59 Å². The Bertz CT molecular complexity index is 611. The fourth-order valence-electron chi connectivity index (χ4n) is 5.70. The predicted molar refractivity (Wildman–Crippen MR) is 74.6 cm³/mol. The number of hydrogen-bond acceptors (Lipinski definition) is 2. The zero-order valence-corrected chi connectivity index (χ0v) is 11.2. The zero-order chi connectivity index (χ0) is 13.5. The van der Waals surface area contributed by atoms with E-state index in [1.165, 1.54) is 12.2 Å². The van der Waals surface area contributed by atoms with Gasteiger partial charge in [0, 0.05) is 22.7 Å². The molecule has 0 radical (unpaired) electrons. The van der Waals surface area contributed by atoms with Gasteiger partial charge in [-0.1, -0.05) is 36.5 Å². The Morgan fingerprint density at radius 3 is 1.65 bits per heavy atom. The lowest BCUT2D eigenvalue weighted by molar-refractivity contribution is -0.156. The van der Waals surface area contributed by atoms with Crippen molar-refractivity contribution in [1.29, 1.82) is 0 Å². The van der Waals surface area contributed by atoms with Crippen LogP contribution in [0.15, 0.2) is 48.6 Å². The molecule has 0 spiro atoms. The number of carbonyl (C=O) groups is 2. The maximum Gasteiger partial charge on any atom is 0.160 e. The fraction of sp³-hybridized carbons (Fsp3) is 0.444. The van der Waals surface area contributed by atoms with Crippen LogP contribution in [-0.2, 0) is 9.59 Å². The third-order valence-corrected chi connectivity index (χ3v) is 6.57. The monoisotopic (exact) mass is 264 g/mol. The second-order valence-corrected chi connectivity index (χ2v) is 6.92. The molecule has 6 aliphatic carbocycles. The highest BCUT2D eigenvalue weighted by molar-refractivity contribution is 6.08. The minimum absolute atomic E-state index is 0.101. The zero-order valence-electron chi connectivity index (χ0n) is 11.2. The molecule has 0 heterocycles. The third kappa shape index (κ3) is 0.895. The van der Waals surface area contributed by atoms with E-state index in [-0.39, 0.29) is 46.1 Å². The third-order valence-electron chi connectivity index (χ3n) is 6.57. The van der Waals surface area contributed by atoms with Gasteiger partial charge in [0.25, 0.3) is 0 Å². The summed E-state index contributed by atoms with van der Waals surface area (Å²) in [5.41, 5.74) is 0.201. The molecule has 0 aromatic rings. The molecule has 0 aromatic heterocycles. The van der Waals surface area contributed by atoms with Crippen molar-refractivity contribution in [2.75, 3.05) is 0 Å². The van der Waals surface area contributed by atoms with E-state index in [4.69, 9.17) is 0 Å². The van der Waals surface area contributed by atoms with Crippen LogP contribution in [-0.4, -0.2) is 11.6 Å². The quantitative estimate of drug-likeness (QED) is 0.630. The summed E-state index contributed by atoms with van der Waals surface area (Å²) in [6.07, 6.45) is 18.7. The first kappa shape index (κ1) is 11.0. The number of carbonyl (C=O) groups excluding carboxylic acids is 2. The van der Waals surface area contributed by atoms with E-state index >= 15 is 0 Å². The first-order chi connectivity index (χ1) is 9.70. The maximum absolute atomic E-state index is 12.4. The fourth-order valence-corrected chi connectivity index (χ4v) is 5.70. The molecule has 6 atom stereocenters. The van der Waals surface area contributed by atoms with Crippen LogP contribution in [0.4, 0.5) is 0 Å². The summed E-state index contributed by atoms with van der Waals surface area (Å²) in [4.78, 5) is 24.8. The van der Waals surface area contributed by atoms with Crippen LogP contribution in [0.25, 0.3) is 0 Å². The predicted octanol–water partition coefficient (Wildman–Crippen LogP) is 2.64. The van der Waals surface area contributed by atoms with Crippen molar-refractivity contribution in [3.05, 3.63) is 48.6 Å². The summed E-state index contributed by atoms with van der Waals surface area (Å²) in [5, 5.41) is 0. The Kier molecular flexibility index (Phi) is 1.73. The van der Waals surface area contributed by atoms with Crippen molar-refractivity contribution in [1.82, 2.24) is 0 Å². The topological polar surface area (TPSA) is 34.1 Å². The summed E-state index contributed by atoms with van der Waals surface area (Å²) >= 11 is 0. The van der Waals surface area contributed by atoms with Gasteiger partial charge in [-0.15, -0.1) is 0 Å². The van der Waals surface area contributed by atoms with E-state index in [1.54, 1.807) is 0 Å². The highest BCUT2D eigenvalue weighted by Crippen LogP contribution is 2.74. The van der Waals surface area contributed by atoms with Gasteiger partial charge >= 0.3 is 0 Å². The molecule has 1 fully saturated rings. The molecule has 20 heavy (non-hydrogen) atoms. The molecule has 0 aromatic carbocycles. The highest BCUT2D eigenvalue weighted by atomic mass is 16.1. The van der Waals surface area contributed by atoms with E-state index < -0.39 is 0 Å². The Balaban J connectivity index is 1.76. The summed E-state index contributed by atoms with van der Waals surface area (Å²) in [5.74, 6) is 0.486. The van der Waals surface area contributed by atoms with Gasteiger partial charge in [0.05, 0.1) is 0 Å². The first-order valence-electron chi connectivity index (χ1n) is 7.49. The normalized spacial score (nSPS) is 53.4. The lowest BCUT2D eigenvalue weighted by Gasteiger charge is -2.70. The lowest BCUT2D eigenvalue weighted by atomic mass is 9.32. The van der Waals surface area contributed by atoms with Crippen LogP contribution in [0, 0.1) is 34.5 Å². The smallest absolute Gasteiger partial charge is 0.160 e. The Labute approximate surface area is 117 Å². The molecular formula is C18H16O2. The second kappa shape index (κ2) is 3.13. The van der Waals surface area contributed by atoms with E-state index in [1.807, 2.05) is 0 Å². The number of ketones is 2. The minimum atomic E-state index is -0.118. The standard InChI is InChI=1S/C18H16O2/c19-13-5-6-14(20)16-12-4-3-11(15(13)16)17-7-1-2-8-18(12,17)10-9-17/h1-6,9-12,15-16H,7-8H2/t11-,12-,15-,16+,17+,18-/m1/s1. The minimum Gasteiger partial charge on any atom is -0.294 e. The highest BCUT2D eigenvalue weighted by Gasteiger charge is 2.71. The molecule has 0 amide bonds. The molecule has 0 unspecified atom stereocenters. The van der Waals surface area contributed by atoms with Gasteiger partial charge in [0.1, 0.15) is 0 Å². The number of hydrogen-bond donors (Lipinski definition) is 0. The summed E-state index contributed by atoms with van der Waals surface area (Å²) < 4.78 is 0. The van der Waals surface area contributed by atoms with Gasteiger partial charge in [0.15, 0.2) is 11.6 Å². The molecule has 2 bridgehead atoms. The van der Waals surface area contributed by atoms with Crippen LogP contribution in [0.2, 0.25) is 0 Å². The average Bonchev–Trinajstić information content (AvgIpc) is 2.45. The Morgan fingerprint density at radius 2 is 1.25 bits per heavy atom. The SMILES string of the molecule is O=C1C=CC(=O)[C@H]2[C@@H]1[C@H]1C=C[C@H]2[C@@]23C=C[C@@]12CC=CC3. The van der Waals surface area contributed by atoms with E-state index in [0.29, 0.717) is 0 Å². The first-order valence-corrected chi connectivity index (χ1v) is 7.49. The van der Waals surface area contributed by atoms with Crippen LogP contribution >= 0.6 is 0 Å². The van der Waals surface area contributed by atoms with Crippen molar-refractivity contribution < 1.29 is 9.59 Å². The second-order valence-electron chi connectivity index (χ2n) is 6.92. The van der Waals surface area contributed by atoms with Gasteiger partial charge in [-0.05, 0) is 36.8 Å². The van der Waals surface area contributed by atoms with Crippen LogP contribution in [0.1, 0.15) is 12.8 Å². The molecule has 1 saturated carbocycles. The molecule has 2 heteroatoms. The summed E-state index contributed by atoms with van der Waals surface area (Å²) in [6, 6.07) is 0. The van der Waals surface area contributed by atoms with Crippen molar-refractivity contribution in [3.8, 4) is 0 Å². The van der Waals surface area contributed by atoms with Crippen LogP contribution < -0.4 is 0 Å². The van der Waals surface area contributed by atoms with Crippen molar-refractivity contribution >= 4 is 11.6 Å². The molecular weight excluding hydrogens is 248 g/mol. The molecule has 0 aliphatic heterocycles. The average molecular weight is 264 g/mol. The van der Waals surface area contributed by atoms with Gasteiger partial charge in [-0.2, -0.15) is 0 Å². The van der Waals surface area contributed by atoms with Crippen molar-refractivity contribution in [2.24, 2.45) is 34.5 Å². The lowest BCUT2D eigenvalue weighted by Crippen LogP contribution is -2.67. The largest absolute Gasteiger partial charge is 0.294 e. The molecule has 0 N–H and O–H groups in total. The van der Waals surface area contributed by atoms with Crippen LogP contribution in [0.5, 0.6) is 0 Å². The summed E-state index contributed by atoms with van der Waals surface area (Å²) in [6.45, 7) is 0. The molecule has 6 rings (SSSR count). The molecule has 0 saturated heterocycles. The number of rotatable bonds is 0. The van der Waals surface area contributed by atoms with Gasteiger partial charge in [-0.25, -0.2) is 0 Å². The van der Waals surface area contributed by atoms with Crippen molar-refractivity contribution in [2.45, 2.75) is 12.8 Å². The molecule has 100 valence electrons. The Hall–Kier alpha value is -1.70. The van der Waals surface area contributed by atoms with Gasteiger partial charge in [0.2, 0.25) is 0 Å². The van der Waals surface area contributed by atoms with Crippen LogP contribution in [0.3, 0.4) is 0 Å². The van der Waals surface area contributed by atoms with E-state index in [2.05, 4.69) is 36.5 Å². The number of allylic oxidation sites excluding steroid dienone is 8. The molecule has 2 nitrogen and oxygen atoms in total. The van der Waals surface area contributed by atoms with Gasteiger partial charge < -0.3 is 0 Å². The van der Waals surface area contributed by atoms with Gasteiger partial charge in [-0.3, -0.25) is 9.59 Å². The maximum atomic E-state index is 12.4. The van der Waals surface area contributed by atoms with E-state index in [0.717, 1.165) is 12.8 Å². The van der Waals surface area contributed by atoms with Crippen molar-refractivity contribution in [3.63, 3.8) is 0 Å². The molecule has 6 aliphatic rings.